The van der Waals surface area contributed by atoms with Crippen LogP contribution in [0.2, 0.25) is 0 Å². The van der Waals surface area contributed by atoms with Crippen LogP contribution in [0.1, 0.15) is 33.6 Å². The summed E-state index contributed by atoms with van der Waals surface area (Å²) in [6.07, 6.45) is 3.46. The van der Waals surface area contributed by atoms with Crippen LogP contribution in [0, 0.1) is 5.41 Å². The Kier molecular flexibility index (Phi) is 8.80. The summed E-state index contributed by atoms with van der Waals surface area (Å²) in [5.74, 6) is 0.842. The topological polar surface area (TPSA) is 84.1 Å². The zero-order valence-electron chi connectivity index (χ0n) is 13.9. The average Bonchev–Trinajstić information content (AvgIpc) is 2.46. The number of rotatable bonds is 3. The van der Waals surface area contributed by atoms with Crippen LogP contribution in [0.15, 0.2) is 18.3 Å². The Hall–Kier alpha value is -1.11. The highest BCUT2D eigenvalue weighted by Gasteiger charge is 2.32. The molecule has 1 saturated heterocycles. The summed E-state index contributed by atoms with van der Waals surface area (Å²) in [4.78, 5) is 14.2. The molecule has 0 bridgehead atoms. The summed E-state index contributed by atoms with van der Waals surface area (Å²) in [7, 11) is 0. The maximum Gasteiger partial charge on any atom is 0.240 e. The van der Waals surface area contributed by atoms with Gasteiger partial charge in [-0.05, 0) is 30.4 Å². The molecule has 132 valence electrons. The van der Waals surface area contributed by atoms with Crippen molar-refractivity contribution in [2.75, 3.05) is 18.4 Å². The maximum absolute atomic E-state index is 12.4. The molecule has 1 aliphatic heterocycles. The fourth-order valence-electron chi connectivity index (χ4n) is 2.40. The molecular weight excluding hydrogens is 337 g/mol. The molecule has 0 spiro atoms. The Morgan fingerprint density at radius 3 is 2.43 bits per heavy atom. The van der Waals surface area contributed by atoms with Gasteiger partial charge in [0.15, 0.2) is 0 Å². The van der Waals surface area contributed by atoms with Crippen LogP contribution >= 0.6 is 24.8 Å². The summed E-state index contributed by atoms with van der Waals surface area (Å²) in [6, 6.07) is 3.65. The largest absolute Gasteiger partial charge is 0.366 e. The maximum atomic E-state index is 12.4. The minimum atomic E-state index is -0.443. The van der Waals surface area contributed by atoms with E-state index in [1.54, 1.807) is 6.20 Å². The number of hydrogen-bond donors (Lipinski definition) is 2. The molecule has 1 fully saturated rings. The summed E-state index contributed by atoms with van der Waals surface area (Å²) >= 11 is 0. The van der Waals surface area contributed by atoms with Crippen LogP contribution in [-0.4, -0.2) is 46.2 Å². The first kappa shape index (κ1) is 21.9. The van der Waals surface area contributed by atoms with Gasteiger partial charge in [0.25, 0.3) is 0 Å². The van der Waals surface area contributed by atoms with Gasteiger partial charge in [0, 0.05) is 25.3 Å². The van der Waals surface area contributed by atoms with Gasteiger partial charge in [-0.15, -0.1) is 29.9 Å². The fraction of sp³-hybridized carbons (Fsp3) is 0.667. The number of hydrogen-bond acceptors (Lipinski definition) is 5. The molecule has 1 amide bonds. The zero-order valence-corrected chi connectivity index (χ0v) is 15.5. The number of anilines is 1. The van der Waals surface area contributed by atoms with Gasteiger partial charge < -0.3 is 16.0 Å². The normalized spacial score (nSPS) is 16.8. The van der Waals surface area contributed by atoms with Crippen molar-refractivity contribution in [3.05, 3.63) is 18.3 Å². The van der Waals surface area contributed by atoms with Gasteiger partial charge in [-0.2, -0.15) is 5.10 Å². The van der Waals surface area contributed by atoms with E-state index in [1.807, 2.05) is 37.8 Å². The van der Waals surface area contributed by atoms with E-state index >= 15 is 0 Å². The Labute approximate surface area is 150 Å². The van der Waals surface area contributed by atoms with E-state index in [1.165, 1.54) is 0 Å². The lowest BCUT2D eigenvalue weighted by Crippen LogP contribution is -2.53. The van der Waals surface area contributed by atoms with E-state index in [4.69, 9.17) is 5.73 Å². The van der Waals surface area contributed by atoms with E-state index < -0.39 is 6.04 Å². The van der Waals surface area contributed by atoms with Crippen molar-refractivity contribution in [3.63, 3.8) is 0 Å². The molecular formula is C15H27Cl2N5O. The summed E-state index contributed by atoms with van der Waals surface area (Å²) in [6.45, 7) is 7.47. The smallest absolute Gasteiger partial charge is 0.240 e. The second-order valence-corrected chi connectivity index (χ2v) is 6.70. The standard InChI is InChI=1S/C15H25N5O.2ClH/c1-15(2,3)13(16)14(21)20-9-6-11(7-10-20)18-12-5-4-8-17-19-12;;/h4-5,8,11,13H,6-7,9-10,16H2,1-3H3,(H,18,19);2*1H/t13-;;/m1../s1. The predicted molar refractivity (Wildman–Crippen MR) is 97.2 cm³/mol. The van der Waals surface area contributed by atoms with Gasteiger partial charge >= 0.3 is 0 Å². The van der Waals surface area contributed by atoms with Gasteiger partial charge in [0.05, 0.1) is 6.04 Å². The van der Waals surface area contributed by atoms with Crippen LogP contribution in [0.3, 0.4) is 0 Å². The zero-order chi connectivity index (χ0) is 15.5. The number of aromatic nitrogens is 2. The minimum absolute atomic E-state index is 0. The SMILES string of the molecule is CC(C)(C)[C@H](N)C(=O)N1CCC(Nc2cccnn2)CC1.Cl.Cl. The molecule has 8 heteroatoms. The highest BCUT2D eigenvalue weighted by atomic mass is 35.5. The molecule has 1 aromatic heterocycles. The second kappa shape index (κ2) is 9.25. The van der Waals surface area contributed by atoms with Crippen molar-refractivity contribution in [2.24, 2.45) is 11.1 Å². The predicted octanol–water partition coefficient (Wildman–Crippen LogP) is 2.10. The lowest BCUT2D eigenvalue weighted by Gasteiger charge is -2.36. The van der Waals surface area contributed by atoms with E-state index in [-0.39, 0.29) is 36.1 Å². The first-order valence-electron chi connectivity index (χ1n) is 7.46. The van der Waals surface area contributed by atoms with Gasteiger partial charge in [0.1, 0.15) is 5.82 Å². The average molecular weight is 364 g/mol. The van der Waals surface area contributed by atoms with Gasteiger partial charge in [-0.3, -0.25) is 4.79 Å². The van der Waals surface area contributed by atoms with Crippen LogP contribution in [-0.2, 0) is 4.79 Å². The number of nitrogens with two attached hydrogens (primary N) is 1. The number of nitrogens with one attached hydrogen (secondary N) is 1. The molecule has 2 heterocycles. The first-order valence-corrected chi connectivity index (χ1v) is 7.46. The molecule has 0 saturated carbocycles. The number of piperidine rings is 1. The summed E-state index contributed by atoms with van der Waals surface area (Å²) in [5.41, 5.74) is 5.86. The number of nitrogens with zero attached hydrogens (tertiary/aromatic N) is 3. The van der Waals surface area contributed by atoms with E-state index in [2.05, 4.69) is 15.5 Å². The highest BCUT2D eigenvalue weighted by Crippen LogP contribution is 2.21. The van der Waals surface area contributed by atoms with Crippen LogP contribution in [0.25, 0.3) is 0 Å². The monoisotopic (exact) mass is 363 g/mol. The second-order valence-electron chi connectivity index (χ2n) is 6.70. The van der Waals surface area contributed by atoms with Crippen molar-refractivity contribution in [1.82, 2.24) is 15.1 Å². The van der Waals surface area contributed by atoms with Crippen molar-refractivity contribution in [1.29, 1.82) is 0 Å². The molecule has 0 aromatic carbocycles. The molecule has 1 aromatic rings. The number of halogens is 2. The van der Waals surface area contributed by atoms with E-state index in [0.29, 0.717) is 6.04 Å². The third-order valence-corrected chi connectivity index (χ3v) is 3.93. The molecule has 1 aliphatic rings. The first-order chi connectivity index (χ1) is 9.88. The number of likely N-dealkylation sites (tertiary alicyclic amines) is 1. The number of amides is 1. The van der Waals surface area contributed by atoms with Crippen molar-refractivity contribution in [2.45, 2.75) is 45.7 Å². The number of carbonyl (C=O) groups is 1. The highest BCUT2D eigenvalue weighted by molar-refractivity contribution is 5.85. The van der Waals surface area contributed by atoms with Crippen LogP contribution < -0.4 is 11.1 Å². The quantitative estimate of drug-likeness (QED) is 0.858. The molecule has 3 N–H and O–H groups in total. The van der Waals surface area contributed by atoms with Gasteiger partial charge in [-0.25, -0.2) is 0 Å². The van der Waals surface area contributed by atoms with Crippen molar-refractivity contribution in [3.8, 4) is 0 Å². The van der Waals surface area contributed by atoms with E-state index in [9.17, 15) is 4.79 Å². The lowest BCUT2D eigenvalue weighted by atomic mass is 9.86. The molecule has 1 atom stereocenters. The lowest BCUT2D eigenvalue weighted by molar-refractivity contribution is -0.135. The van der Waals surface area contributed by atoms with Crippen molar-refractivity contribution < 1.29 is 4.79 Å². The molecule has 0 aliphatic carbocycles. The molecule has 0 radical (unpaired) electrons. The Balaban J connectivity index is 0.00000242. The fourth-order valence-corrected chi connectivity index (χ4v) is 2.40. The third kappa shape index (κ3) is 6.12. The Morgan fingerprint density at radius 2 is 1.96 bits per heavy atom. The molecule has 2 rings (SSSR count). The van der Waals surface area contributed by atoms with Crippen LogP contribution in [0.4, 0.5) is 5.82 Å². The Morgan fingerprint density at radius 1 is 1.35 bits per heavy atom. The van der Waals surface area contributed by atoms with Crippen molar-refractivity contribution >= 4 is 36.5 Å². The molecule has 6 nitrogen and oxygen atoms in total. The summed E-state index contributed by atoms with van der Waals surface area (Å²) < 4.78 is 0. The molecule has 23 heavy (non-hydrogen) atoms. The van der Waals surface area contributed by atoms with Gasteiger partial charge in [0.2, 0.25) is 5.91 Å². The Bertz CT molecular complexity index is 473. The minimum Gasteiger partial charge on any atom is -0.366 e. The molecule has 0 unspecified atom stereocenters. The van der Waals surface area contributed by atoms with Crippen LogP contribution in [0.5, 0.6) is 0 Å². The van der Waals surface area contributed by atoms with E-state index in [0.717, 1.165) is 31.7 Å². The summed E-state index contributed by atoms with van der Waals surface area (Å²) in [5, 5.41) is 11.2. The third-order valence-electron chi connectivity index (χ3n) is 3.93. The van der Waals surface area contributed by atoms with Gasteiger partial charge in [-0.1, -0.05) is 20.8 Å². The number of carbonyl (C=O) groups excluding carboxylic acids is 1.